The number of amides is 2. The van der Waals surface area contributed by atoms with E-state index in [-0.39, 0.29) is 40.9 Å². The minimum atomic E-state index is -4.75. The lowest BCUT2D eigenvalue weighted by molar-refractivity contribution is -0.346. The lowest BCUT2D eigenvalue weighted by atomic mass is 9.44. The fourth-order valence-electron chi connectivity index (χ4n) is 10.7. The highest BCUT2D eigenvalue weighted by molar-refractivity contribution is 7.85. The van der Waals surface area contributed by atoms with E-state index in [1.54, 1.807) is 54.6 Å². The Kier molecular flexibility index (Phi) is 15.3. The molecule has 0 aromatic heterocycles. The van der Waals surface area contributed by atoms with E-state index in [1.807, 2.05) is 0 Å². The third-order valence-corrected chi connectivity index (χ3v) is 15.0. The van der Waals surface area contributed by atoms with Gasteiger partial charge in [-0.25, -0.2) is 18.0 Å². The number of carbonyl (C=O) groups is 7. The van der Waals surface area contributed by atoms with Crippen LogP contribution in [0.15, 0.2) is 102 Å². The van der Waals surface area contributed by atoms with Crippen molar-refractivity contribution >= 4 is 51.6 Å². The van der Waals surface area contributed by atoms with Crippen LogP contribution in [0.25, 0.3) is 0 Å². The fourth-order valence-corrected chi connectivity index (χ4v) is 11.1. The lowest BCUT2D eigenvalue weighted by Crippen LogP contribution is -2.81. The Labute approximate surface area is 414 Å². The van der Waals surface area contributed by atoms with Gasteiger partial charge in [-0.3, -0.25) is 29.3 Å². The van der Waals surface area contributed by atoms with Crippen LogP contribution in [-0.4, -0.2) is 143 Å². The molecule has 1 heterocycles. The number of esters is 4. The van der Waals surface area contributed by atoms with Crippen LogP contribution >= 0.6 is 0 Å². The summed E-state index contributed by atoms with van der Waals surface area (Å²) in [4.78, 5) is 97.7. The zero-order valence-electron chi connectivity index (χ0n) is 39.9. The van der Waals surface area contributed by atoms with Crippen LogP contribution in [0.4, 0.5) is 0 Å². The zero-order chi connectivity index (χ0) is 52.6. The topological polar surface area (TPSA) is 320 Å². The van der Waals surface area contributed by atoms with Crippen LogP contribution in [0.3, 0.4) is 0 Å². The van der Waals surface area contributed by atoms with Crippen LogP contribution < -0.4 is 16.0 Å². The van der Waals surface area contributed by atoms with Gasteiger partial charge in [0.15, 0.2) is 11.4 Å². The van der Waals surface area contributed by atoms with Crippen LogP contribution in [0, 0.1) is 16.7 Å². The highest BCUT2D eigenvalue weighted by Crippen LogP contribution is 2.64. The van der Waals surface area contributed by atoms with Gasteiger partial charge in [0, 0.05) is 30.7 Å². The van der Waals surface area contributed by atoms with Crippen molar-refractivity contribution in [3.8, 4) is 0 Å². The summed E-state index contributed by atoms with van der Waals surface area (Å²) in [6, 6.07) is 21.7. The molecule has 4 aliphatic rings. The van der Waals surface area contributed by atoms with E-state index >= 15 is 9.59 Å². The number of ether oxygens (including phenoxy) is 5. The van der Waals surface area contributed by atoms with E-state index in [1.165, 1.54) is 64.1 Å². The van der Waals surface area contributed by atoms with E-state index in [0.717, 1.165) is 6.92 Å². The maximum atomic E-state index is 15.2. The van der Waals surface area contributed by atoms with Gasteiger partial charge >= 0.3 is 23.9 Å². The normalized spacial score (nSPS) is 29.2. The maximum Gasteiger partial charge on any atom is 0.350 e. The molecule has 3 aromatic carbocycles. The molecule has 1 aliphatic heterocycles. The third kappa shape index (κ3) is 10.2. The molecule has 21 nitrogen and oxygen atoms in total. The van der Waals surface area contributed by atoms with Crippen LogP contribution in [0.1, 0.15) is 79.8 Å². The van der Waals surface area contributed by atoms with Gasteiger partial charge in [-0.2, -0.15) is 0 Å². The fraction of sp³-hybridized carbons (Fsp3) is 0.460. The molecule has 2 bridgehead atoms. The summed E-state index contributed by atoms with van der Waals surface area (Å²) >= 11 is 0. The average molecular weight is 1020 g/mol. The minimum Gasteiger partial charge on any atom is -0.747 e. The van der Waals surface area contributed by atoms with Crippen molar-refractivity contribution in [2.45, 2.75) is 101 Å². The smallest absolute Gasteiger partial charge is 0.350 e. The monoisotopic (exact) mass is 1020 g/mol. The van der Waals surface area contributed by atoms with E-state index < -0.39 is 148 Å². The van der Waals surface area contributed by atoms with Gasteiger partial charge in [-0.15, -0.1) is 0 Å². The zero-order valence-corrected chi connectivity index (χ0v) is 40.7. The summed E-state index contributed by atoms with van der Waals surface area (Å²) in [5.74, 6) is -9.86. The molecule has 3 fully saturated rings. The second-order valence-corrected chi connectivity index (χ2v) is 20.5. The molecule has 0 radical (unpaired) electrons. The minimum absolute atomic E-state index is 0.0103. The number of aliphatic hydroxyl groups excluding tert-OH is 2. The summed E-state index contributed by atoms with van der Waals surface area (Å²) in [5.41, 5.74) is -8.01. The molecule has 6 N–H and O–H groups in total. The standard InChI is InChI=1S/C50H57N3O18S/c1-27-32(68-46(62)40(69-36(57)24-52-35(56)23-51-26-72(64,65)66)38(29-15-9-6-10-16-29)53-44(60)30-17-11-7-12-18-30)22-50(63)43(70-45(61)31-19-13-8-14-20-31)41-48(5,42(59)39(58)37(27)47(50,3)4)33(55)21-34-49(41,25-67-34)71-28(2)54/h6-20,32-34,38-41,43,51,55,58,63H,21-26H2,1-5H3,(H,52,56)(H,53,60)(H,64,65,66)/p-1/t32-,33-,34+,38-,39+,40+,41?,43-,48+,49-,50+/m0/s1. The second kappa shape index (κ2) is 20.6. The molecule has 0 spiro atoms. The Hall–Kier alpha value is -6.40. The van der Waals surface area contributed by atoms with E-state index in [4.69, 9.17) is 23.7 Å². The molecule has 1 saturated heterocycles. The number of Topliss-reactive ketones (excluding diaryl/α,β-unsaturated/α-hetero) is 1. The Morgan fingerprint density at radius 3 is 2.04 bits per heavy atom. The molecule has 2 amide bonds. The van der Waals surface area contributed by atoms with E-state index in [9.17, 15) is 52.3 Å². The van der Waals surface area contributed by atoms with Crippen molar-refractivity contribution in [1.82, 2.24) is 16.0 Å². The van der Waals surface area contributed by atoms with Crippen molar-refractivity contribution in [2.75, 3.05) is 25.6 Å². The Balaban J connectivity index is 1.33. The summed E-state index contributed by atoms with van der Waals surface area (Å²) in [5, 5.41) is 45.2. The maximum absolute atomic E-state index is 15.2. The van der Waals surface area contributed by atoms with Crippen molar-refractivity contribution in [3.05, 3.63) is 119 Å². The summed E-state index contributed by atoms with van der Waals surface area (Å²) in [7, 11) is -4.75. The van der Waals surface area contributed by atoms with E-state index in [2.05, 4.69) is 16.0 Å². The first kappa shape index (κ1) is 53.4. The number of ketones is 1. The summed E-state index contributed by atoms with van der Waals surface area (Å²) in [6.45, 7) is 4.84. The Morgan fingerprint density at radius 2 is 1.47 bits per heavy atom. The van der Waals surface area contributed by atoms with Crippen molar-refractivity contribution in [1.29, 1.82) is 0 Å². The summed E-state index contributed by atoms with van der Waals surface area (Å²) in [6.07, 6.45) is -11.5. The van der Waals surface area contributed by atoms with Crippen molar-refractivity contribution in [2.24, 2.45) is 16.7 Å². The molecule has 7 rings (SSSR count). The average Bonchev–Trinajstić information content (AvgIpc) is 3.33. The highest BCUT2D eigenvalue weighted by Gasteiger charge is 2.78. The van der Waals surface area contributed by atoms with Crippen LogP contribution in [0.5, 0.6) is 0 Å². The largest absolute Gasteiger partial charge is 0.747 e. The van der Waals surface area contributed by atoms with Gasteiger partial charge < -0.3 is 54.2 Å². The van der Waals surface area contributed by atoms with Crippen LogP contribution in [-0.2, 0) is 57.8 Å². The number of aliphatic hydroxyl groups is 3. The quantitative estimate of drug-likeness (QED) is 0.0503. The van der Waals surface area contributed by atoms with Gasteiger partial charge in [-0.05, 0) is 54.8 Å². The molecule has 3 aromatic rings. The Bertz CT molecular complexity index is 2740. The first-order valence-corrected chi connectivity index (χ1v) is 24.6. The first-order chi connectivity index (χ1) is 33.9. The second-order valence-electron chi connectivity index (χ2n) is 19.1. The first-order valence-electron chi connectivity index (χ1n) is 23.0. The van der Waals surface area contributed by atoms with Gasteiger partial charge in [0.1, 0.15) is 52.7 Å². The van der Waals surface area contributed by atoms with Gasteiger partial charge in [0.25, 0.3) is 5.91 Å². The molecular formula is C50H56N3O18S-. The number of hydrogen-bond donors (Lipinski definition) is 6. The number of hydrogen-bond acceptors (Lipinski definition) is 19. The molecule has 72 heavy (non-hydrogen) atoms. The van der Waals surface area contributed by atoms with E-state index in [0.29, 0.717) is 0 Å². The van der Waals surface area contributed by atoms with Crippen molar-refractivity contribution < 1.29 is 85.5 Å². The van der Waals surface area contributed by atoms with Crippen molar-refractivity contribution in [3.63, 3.8) is 0 Å². The predicted octanol–water partition coefficient (Wildman–Crippen LogP) is 0.924. The third-order valence-electron chi connectivity index (χ3n) is 14.4. The lowest BCUT2D eigenvalue weighted by Gasteiger charge is -2.67. The summed E-state index contributed by atoms with van der Waals surface area (Å²) < 4.78 is 63.3. The molecule has 11 atom stereocenters. The molecular weight excluding hydrogens is 963 g/mol. The number of rotatable bonds is 16. The Morgan fingerprint density at radius 1 is 0.875 bits per heavy atom. The molecule has 386 valence electrons. The predicted molar refractivity (Wildman–Crippen MR) is 248 cm³/mol. The molecule has 2 saturated carbocycles. The number of benzene rings is 3. The number of carbonyl (C=O) groups excluding carboxylic acids is 7. The van der Waals surface area contributed by atoms with Crippen LogP contribution in [0.2, 0.25) is 0 Å². The SMILES string of the molecule is CC(=O)O[C@@]12CO[C@@H]1C[C@H](O)[C@@]1(C)C(=O)[C@H](O)C3=C(C)[C@@H](OC(=O)[C@H](OC(=O)CNC(=O)CNCS(=O)(=O)[O-])[C@@H](NC(=O)c4ccccc4)c4ccccc4)C[C@@](O)([C@@H](OC(=O)c4ccccc4)C12)C3(C)C. The van der Waals surface area contributed by atoms with Gasteiger partial charge in [0.2, 0.25) is 12.0 Å². The number of nitrogens with one attached hydrogen (secondary N) is 3. The molecule has 3 aliphatic carbocycles. The van der Waals surface area contributed by atoms with Gasteiger partial charge in [-0.1, -0.05) is 80.6 Å². The highest BCUT2D eigenvalue weighted by atomic mass is 32.2. The van der Waals surface area contributed by atoms with Gasteiger partial charge in [0.05, 0.1) is 42.0 Å². The molecule has 1 unspecified atom stereocenters. The number of fused-ring (bicyclic) bond motifs is 5. The molecule has 22 heteroatoms.